The molecule has 2 aromatic carbocycles. The van der Waals surface area contributed by atoms with E-state index in [-0.39, 0.29) is 6.61 Å². The predicted molar refractivity (Wildman–Crippen MR) is 104 cm³/mol. The number of aryl methyl sites for hydroxylation is 2. The Balaban J connectivity index is 1.77. The van der Waals surface area contributed by atoms with Crippen LogP contribution in [0.4, 0.5) is 5.95 Å². The zero-order valence-corrected chi connectivity index (χ0v) is 15.6. The van der Waals surface area contributed by atoms with Crippen molar-refractivity contribution in [3.63, 3.8) is 0 Å². The van der Waals surface area contributed by atoms with Gasteiger partial charge in [-0.15, -0.1) is 0 Å². The van der Waals surface area contributed by atoms with Crippen LogP contribution in [0.3, 0.4) is 0 Å². The Kier molecular flexibility index (Phi) is 5.78. The van der Waals surface area contributed by atoms with Crippen LogP contribution in [0, 0.1) is 6.92 Å². The van der Waals surface area contributed by atoms with Crippen molar-refractivity contribution in [3.8, 4) is 5.75 Å². The van der Waals surface area contributed by atoms with Crippen LogP contribution < -0.4 is 15.0 Å². The lowest BCUT2D eigenvalue weighted by Gasteiger charge is -2.13. The molecule has 0 aliphatic heterocycles. The van der Waals surface area contributed by atoms with Gasteiger partial charge in [-0.2, -0.15) is 0 Å². The fraction of sp³-hybridized carbons (Fsp3) is 0.381. The third-order valence-electron chi connectivity index (χ3n) is 4.67. The number of nitrogen functional groups attached to an aromatic ring is 1. The highest BCUT2D eigenvalue weighted by Crippen LogP contribution is 2.18. The standard InChI is InChI=1S/C21H27N3O2/c1-3-4-13-23-18-10-6-7-11-19(18)24(21(23)22)14-17(25)15-26-20-12-8-5-9-16(20)2/h5-12,17,22,25H,3-4,13-15H2,1-2H3/p+1/t17-/m1/s1. The van der Waals surface area contributed by atoms with E-state index in [0.717, 1.165) is 41.7 Å². The zero-order chi connectivity index (χ0) is 18.5. The third-order valence-corrected chi connectivity index (χ3v) is 4.67. The minimum Gasteiger partial charge on any atom is -0.490 e. The van der Waals surface area contributed by atoms with Crippen LogP contribution in [0.1, 0.15) is 25.3 Å². The summed E-state index contributed by atoms with van der Waals surface area (Å²) in [5.41, 5.74) is 9.61. The fourth-order valence-electron chi connectivity index (χ4n) is 3.22. The van der Waals surface area contributed by atoms with E-state index in [1.807, 2.05) is 54.0 Å². The van der Waals surface area contributed by atoms with Gasteiger partial charge >= 0.3 is 5.95 Å². The first-order valence-corrected chi connectivity index (χ1v) is 9.24. The number of hydrogen-bond acceptors (Lipinski definition) is 3. The molecule has 1 aromatic heterocycles. The van der Waals surface area contributed by atoms with Crippen LogP contribution in [0.5, 0.6) is 5.75 Å². The van der Waals surface area contributed by atoms with Crippen LogP contribution in [0.15, 0.2) is 48.5 Å². The summed E-state index contributed by atoms with van der Waals surface area (Å²) < 4.78 is 9.90. The summed E-state index contributed by atoms with van der Waals surface area (Å²) in [7, 11) is 0. The van der Waals surface area contributed by atoms with E-state index >= 15 is 0 Å². The van der Waals surface area contributed by atoms with E-state index in [1.54, 1.807) is 0 Å². The molecule has 0 aliphatic rings. The number of benzene rings is 2. The molecule has 3 aromatic rings. The maximum atomic E-state index is 10.5. The first-order chi connectivity index (χ1) is 12.6. The maximum Gasteiger partial charge on any atom is 0.356 e. The molecule has 0 aliphatic carbocycles. The average Bonchev–Trinajstić information content (AvgIpc) is 2.91. The lowest BCUT2D eigenvalue weighted by molar-refractivity contribution is -0.665. The second-order valence-electron chi connectivity index (χ2n) is 6.69. The van der Waals surface area contributed by atoms with E-state index in [9.17, 15) is 5.11 Å². The van der Waals surface area contributed by atoms with Crippen LogP contribution >= 0.6 is 0 Å². The molecule has 0 radical (unpaired) electrons. The number of unbranched alkanes of at least 4 members (excludes halogenated alkanes) is 1. The van der Waals surface area contributed by atoms with Crippen LogP contribution in [0.2, 0.25) is 0 Å². The Morgan fingerprint density at radius 3 is 2.65 bits per heavy atom. The smallest absolute Gasteiger partial charge is 0.356 e. The van der Waals surface area contributed by atoms with Crippen LogP contribution in [0.25, 0.3) is 11.0 Å². The summed E-state index contributed by atoms with van der Waals surface area (Å²) in [6.45, 7) is 5.67. The highest BCUT2D eigenvalue weighted by atomic mass is 16.5. The minimum atomic E-state index is -0.646. The normalized spacial score (nSPS) is 12.4. The lowest BCUT2D eigenvalue weighted by atomic mass is 10.2. The van der Waals surface area contributed by atoms with E-state index < -0.39 is 6.10 Å². The highest BCUT2D eigenvalue weighted by Gasteiger charge is 2.22. The largest absolute Gasteiger partial charge is 0.490 e. The second kappa shape index (κ2) is 8.23. The molecular weight excluding hydrogens is 326 g/mol. The summed E-state index contributed by atoms with van der Waals surface area (Å²) in [6, 6.07) is 16.0. The number of aliphatic hydroxyl groups excluding tert-OH is 1. The Labute approximate surface area is 154 Å². The molecule has 0 unspecified atom stereocenters. The first-order valence-electron chi connectivity index (χ1n) is 9.24. The van der Waals surface area contributed by atoms with Crippen molar-refractivity contribution in [1.82, 2.24) is 4.57 Å². The number of fused-ring (bicyclic) bond motifs is 1. The van der Waals surface area contributed by atoms with Crippen molar-refractivity contribution in [2.24, 2.45) is 0 Å². The SMILES string of the molecule is CCCCn1c(N)[n+](C[C@@H](O)COc2ccccc2C)c2ccccc21. The second-order valence-corrected chi connectivity index (χ2v) is 6.69. The molecule has 0 amide bonds. The first kappa shape index (κ1) is 18.3. The van der Waals surface area contributed by atoms with Crippen LogP contribution in [-0.2, 0) is 13.1 Å². The molecule has 0 fully saturated rings. The number of aliphatic hydroxyl groups is 1. The van der Waals surface area contributed by atoms with Gasteiger partial charge in [-0.1, -0.05) is 43.7 Å². The fourth-order valence-corrected chi connectivity index (χ4v) is 3.22. The summed E-state index contributed by atoms with van der Waals surface area (Å²) in [5.74, 6) is 1.48. The van der Waals surface area contributed by atoms with Crippen molar-refractivity contribution >= 4 is 17.0 Å². The van der Waals surface area contributed by atoms with E-state index in [1.165, 1.54) is 0 Å². The monoisotopic (exact) mass is 354 g/mol. The maximum absolute atomic E-state index is 10.5. The number of anilines is 1. The molecule has 138 valence electrons. The number of ether oxygens (including phenoxy) is 1. The number of hydrogen-bond donors (Lipinski definition) is 2. The Hall–Kier alpha value is -2.53. The molecule has 0 bridgehead atoms. The van der Waals surface area contributed by atoms with Gasteiger partial charge in [0.2, 0.25) is 0 Å². The predicted octanol–water partition coefficient (Wildman–Crippen LogP) is 3.06. The Morgan fingerprint density at radius 1 is 1.15 bits per heavy atom. The van der Waals surface area contributed by atoms with E-state index in [0.29, 0.717) is 12.5 Å². The molecule has 3 rings (SSSR count). The molecule has 0 saturated carbocycles. The van der Waals surface area contributed by atoms with Crippen molar-refractivity contribution in [1.29, 1.82) is 0 Å². The summed E-state index contributed by atoms with van der Waals surface area (Å²) in [6.07, 6.45) is 1.54. The topological polar surface area (TPSA) is 64.3 Å². The minimum absolute atomic E-state index is 0.228. The molecule has 1 atom stereocenters. The Morgan fingerprint density at radius 2 is 1.88 bits per heavy atom. The number of aromatic nitrogens is 2. The zero-order valence-electron chi connectivity index (χ0n) is 15.6. The highest BCUT2D eigenvalue weighted by molar-refractivity contribution is 5.73. The van der Waals surface area contributed by atoms with Gasteiger partial charge in [0, 0.05) is 0 Å². The van der Waals surface area contributed by atoms with Gasteiger partial charge in [0.25, 0.3) is 0 Å². The third kappa shape index (κ3) is 3.83. The Bertz CT molecular complexity index is 873. The van der Waals surface area contributed by atoms with Crippen molar-refractivity contribution in [3.05, 3.63) is 54.1 Å². The number of para-hydroxylation sites is 3. The van der Waals surface area contributed by atoms with Gasteiger partial charge in [0.05, 0.1) is 6.54 Å². The quantitative estimate of drug-likeness (QED) is 0.611. The van der Waals surface area contributed by atoms with E-state index in [4.69, 9.17) is 10.5 Å². The summed E-state index contributed by atoms with van der Waals surface area (Å²) in [4.78, 5) is 0. The molecule has 0 spiro atoms. The number of nitrogens with zero attached hydrogens (tertiary/aromatic N) is 2. The van der Waals surface area contributed by atoms with Gasteiger partial charge in [0.1, 0.15) is 36.0 Å². The number of rotatable bonds is 8. The van der Waals surface area contributed by atoms with Gasteiger partial charge in [-0.05, 0) is 37.1 Å². The van der Waals surface area contributed by atoms with Gasteiger partial charge in [-0.3, -0.25) is 5.73 Å². The van der Waals surface area contributed by atoms with Gasteiger partial charge in [-0.25, -0.2) is 9.13 Å². The van der Waals surface area contributed by atoms with E-state index in [2.05, 4.69) is 17.6 Å². The van der Waals surface area contributed by atoms with Gasteiger partial charge < -0.3 is 9.84 Å². The van der Waals surface area contributed by atoms with Crippen molar-refractivity contribution in [2.45, 2.75) is 45.9 Å². The molecule has 0 saturated heterocycles. The molecule has 26 heavy (non-hydrogen) atoms. The molecular formula is C21H28N3O2+. The molecule has 5 nitrogen and oxygen atoms in total. The lowest BCUT2D eigenvalue weighted by Crippen LogP contribution is -2.43. The summed E-state index contributed by atoms with van der Waals surface area (Å²) in [5, 5.41) is 10.5. The number of nitrogens with two attached hydrogens (primary N) is 1. The van der Waals surface area contributed by atoms with Gasteiger partial charge in [0.15, 0.2) is 0 Å². The van der Waals surface area contributed by atoms with Crippen molar-refractivity contribution < 1.29 is 14.4 Å². The van der Waals surface area contributed by atoms with Crippen LogP contribution in [-0.4, -0.2) is 22.4 Å². The molecule has 1 heterocycles. The number of imidazole rings is 1. The average molecular weight is 354 g/mol. The molecule has 5 heteroatoms. The summed E-state index contributed by atoms with van der Waals surface area (Å²) >= 11 is 0. The van der Waals surface area contributed by atoms with Crippen molar-refractivity contribution in [2.75, 3.05) is 12.3 Å². The molecule has 3 N–H and O–H groups in total.